The van der Waals surface area contributed by atoms with E-state index in [4.69, 9.17) is 0 Å². The molecule has 0 saturated heterocycles. The van der Waals surface area contributed by atoms with E-state index in [0.717, 1.165) is 24.3 Å². The van der Waals surface area contributed by atoms with Gasteiger partial charge in [0.25, 0.3) is 0 Å². The normalized spacial score (nSPS) is 30.8. The highest BCUT2D eigenvalue weighted by molar-refractivity contribution is 9.10. The van der Waals surface area contributed by atoms with Crippen molar-refractivity contribution in [2.24, 2.45) is 17.8 Å². The molecule has 1 aromatic rings. The first-order chi connectivity index (χ1) is 9.19. The molecular weight excluding hydrogens is 305 g/mol. The lowest BCUT2D eigenvalue weighted by atomic mass is 9.80. The van der Waals surface area contributed by atoms with E-state index in [-0.39, 0.29) is 5.82 Å². The molecule has 0 heterocycles. The molecular formula is C16H21BrFN. The molecule has 0 aliphatic heterocycles. The summed E-state index contributed by atoms with van der Waals surface area (Å²) in [7, 11) is 0. The van der Waals surface area contributed by atoms with E-state index in [1.54, 1.807) is 6.07 Å². The summed E-state index contributed by atoms with van der Waals surface area (Å²) in [5, 5.41) is 3.63. The highest BCUT2D eigenvalue weighted by atomic mass is 79.9. The molecule has 2 aliphatic rings. The number of rotatable bonds is 4. The number of halogens is 2. The Kier molecular flexibility index (Phi) is 3.95. The van der Waals surface area contributed by atoms with Gasteiger partial charge in [-0.05, 0) is 77.2 Å². The highest BCUT2D eigenvalue weighted by Gasteiger charge is 2.43. The van der Waals surface area contributed by atoms with E-state index in [0.29, 0.717) is 10.5 Å². The van der Waals surface area contributed by atoms with Gasteiger partial charge in [0.2, 0.25) is 0 Å². The van der Waals surface area contributed by atoms with Gasteiger partial charge in [-0.25, -0.2) is 4.39 Å². The second kappa shape index (κ2) is 5.53. The van der Waals surface area contributed by atoms with Crippen LogP contribution in [0.1, 0.15) is 44.2 Å². The van der Waals surface area contributed by atoms with Crippen molar-refractivity contribution in [3.63, 3.8) is 0 Å². The second-order valence-corrected chi connectivity index (χ2v) is 6.90. The van der Waals surface area contributed by atoms with Crippen LogP contribution in [0.5, 0.6) is 0 Å². The van der Waals surface area contributed by atoms with Crippen molar-refractivity contribution in [3.05, 3.63) is 34.1 Å². The van der Waals surface area contributed by atoms with Crippen molar-refractivity contribution in [2.75, 3.05) is 6.54 Å². The fraction of sp³-hybridized carbons (Fsp3) is 0.625. The quantitative estimate of drug-likeness (QED) is 0.847. The molecule has 4 atom stereocenters. The van der Waals surface area contributed by atoms with Gasteiger partial charge in [-0.3, -0.25) is 0 Å². The molecule has 0 amide bonds. The smallest absolute Gasteiger partial charge is 0.137 e. The van der Waals surface area contributed by atoms with E-state index in [9.17, 15) is 4.39 Å². The van der Waals surface area contributed by atoms with Gasteiger partial charge >= 0.3 is 0 Å². The maximum absolute atomic E-state index is 13.4. The molecule has 2 aliphatic carbocycles. The van der Waals surface area contributed by atoms with E-state index >= 15 is 0 Å². The minimum Gasteiger partial charge on any atom is -0.310 e. The van der Waals surface area contributed by atoms with Crippen molar-refractivity contribution in [1.29, 1.82) is 0 Å². The summed E-state index contributed by atoms with van der Waals surface area (Å²) in [6.45, 7) is 3.12. The van der Waals surface area contributed by atoms with Crippen LogP contribution in [0.4, 0.5) is 4.39 Å². The molecule has 0 spiro atoms. The number of hydrogen-bond acceptors (Lipinski definition) is 1. The van der Waals surface area contributed by atoms with Crippen LogP contribution < -0.4 is 5.32 Å². The van der Waals surface area contributed by atoms with Gasteiger partial charge in [0.05, 0.1) is 4.47 Å². The molecule has 0 aromatic heterocycles. The van der Waals surface area contributed by atoms with Crippen LogP contribution in [0.3, 0.4) is 0 Å². The van der Waals surface area contributed by atoms with Crippen molar-refractivity contribution >= 4 is 15.9 Å². The molecule has 3 rings (SSSR count). The van der Waals surface area contributed by atoms with E-state index in [1.807, 2.05) is 12.1 Å². The van der Waals surface area contributed by atoms with Crippen LogP contribution in [0.25, 0.3) is 0 Å². The molecule has 2 saturated carbocycles. The topological polar surface area (TPSA) is 12.0 Å². The Bertz CT molecular complexity index is 462. The number of benzene rings is 1. The maximum Gasteiger partial charge on any atom is 0.137 e. The van der Waals surface area contributed by atoms with Crippen LogP contribution in [-0.4, -0.2) is 6.54 Å². The Balaban J connectivity index is 1.85. The lowest BCUT2D eigenvalue weighted by Crippen LogP contribution is -2.31. The molecule has 2 bridgehead atoms. The van der Waals surface area contributed by atoms with Crippen LogP contribution in [0.2, 0.25) is 0 Å². The molecule has 0 radical (unpaired) electrons. The lowest BCUT2D eigenvalue weighted by Gasteiger charge is -2.31. The zero-order valence-corrected chi connectivity index (χ0v) is 12.9. The zero-order chi connectivity index (χ0) is 13.4. The minimum atomic E-state index is -0.174. The maximum atomic E-state index is 13.4. The molecule has 1 aromatic carbocycles. The summed E-state index contributed by atoms with van der Waals surface area (Å²) in [5.41, 5.74) is 1.23. The molecule has 19 heavy (non-hydrogen) atoms. The van der Waals surface area contributed by atoms with Crippen molar-refractivity contribution in [1.82, 2.24) is 5.32 Å². The number of fused-ring (bicyclic) bond motifs is 2. The van der Waals surface area contributed by atoms with Crippen LogP contribution in [-0.2, 0) is 0 Å². The highest BCUT2D eigenvalue weighted by Crippen LogP contribution is 2.52. The third-order valence-corrected chi connectivity index (χ3v) is 5.56. The summed E-state index contributed by atoms with van der Waals surface area (Å²) in [6, 6.07) is 5.86. The summed E-state index contributed by atoms with van der Waals surface area (Å²) in [5.74, 6) is 2.38. The SMILES string of the molecule is CCNC(c1ccc(F)c(Br)c1)C1CC2CCC1C2. The predicted molar refractivity (Wildman–Crippen MR) is 79.5 cm³/mol. The molecule has 2 fully saturated rings. The number of hydrogen-bond donors (Lipinski definition) is 1. The first-order valence-electron chi connectivity index (χ1n) is 7.37. The van der Waals surface area contributed by atoms with Crippen molar-refractivity contribution in [3.8, 4) is 0 Å². The monoisotopic (exact) mass is 325 g/mol. The van der Waals surface area contributed by atoms with Gasteiger partial charge < -0.3 is 5.32 Å². The first kappa shape index (κ1) is 13.6. The van der Waals surface area contributed by atoms with Gasteiger partial charge in [0.15, 0.2) is 0 Å². The standard InChI is InChI=1S/C16H21BrFN/c1-2-19-16(12-5-6-15(18)14(17)9-12)13-8-10-3-4-11(13)7-10/h5-6,9-11,13,16,19H,2-4,7-8H2,1H3. The Morgan fingerprint density at radius 1 is 1.37 bits per heavy atom. The largest absolute Gasteiger partial charge is 0.310 e. The van der Waals surface area contributed by atoms with Crippen LogP contribution >= 0.6 is 15.9 Å². The average Bonchev–Trinajstić information content (AvgIpc) is 3.02. The first-order valence-corrected chi connectivity index (χ1v) is 8.16. The van der Waals surface area contributed by atoms with Gasteiger partial charge in [0, 0.05) is 6.04 Å². The predicted octanol–water partition coefficient (Wildman–Crippen LogP) is 4.68. The van der Waals surface area contributed by atoms with Gasteiger partial charge in [-0.1, -0.05) is 19.4 Å². The van der Waals surface area contributed by atoms with Gasteiger partial charge in [-0.2, -0.15) is 0 Å². The Morgan fingerprint density at radius 3 is 2.79 bits per heavy atom. The Labute approximate surface area is 123 Å². The lowest BCUT2D eigenvalue weighted by molar-refractivity contribution is 0.253. The molecule has 3 heteroatoms. The average molecular weight is 326 g/mol. The fourth-order valence-electron chi connectivity index (χ4n) is 4.14. The van der Waals surface area contributed by atoms with Crippen LogP contribution in [0, 0.1) is 23.6 Å². The van der Waals surface area contributed by atoms with E-state index in [1.165, 1.54) is 31.2 Å². The molecule has 4 unspecified atom stereocenters. The summed E-state index contributed by atoms with van der Waals surface area (Å²) in [6.07, 6.45) is 5.57. The third-order valence-electron chi connectivity index (χ3n) is 4.95. The number of nitrogens with one attached hydrogen (secondary N) is 1. The van der Waals surface area contributed by atoms with Crippen molar-refractivity contribution < 1.29 is 4.39 Å². The molecule has 104 valence electrons. The van der Waals surface area contributed by atoms with Crippen LogP contribution in [0.15, 0.2) is 22.7 Å². The second-order valence-electron chi connectivity index (χ2n) is 6.05. The Hall–Kier alpha value is -0.410. The van der Waals surface area contributed by atoms with E-state index in [2.05, 4.69) is 28.2 Å². The summed E-state index contributed by atoms with van der Waals surface area (Å²) >= 11 is 3.31. The summed E-state index contributed by atoms with van der Waals surface area (Å²) in [4.78, 5) is 0. The van der Waals surface area contributed by atoms with Gasteiger partial charge in [-0.15, -0.1) is 0 Å². The third kappa shape index (κ3) is 2.59. The summed E-state index contributed by atoms with van der Waals surface area (Å²) < 4.78 is 14.0. The molecule has 1 nitrogen and oxygen atoms in total. The van der Waals surface area contributed by atoms with E-state index < -0.39 is 0 Å². The van der Waals surface area contributed by atoms with Gasteiger partial charge in [0.1, 0.15) is 5.82 Å². The molecule has 1 N–H and O–H groups in total. The Morgan fingerprint density at radius 2 is 2.21 bits per heavy atom. The fourth-order valence-corrected chi connectivity index (χ4v) is 4.54. The zero-order valence-electron chi connectivity index (χ0n) is 11.3. The minimum absolute atomic E-state index is 0.174. The van der Waals surface area contributed by atoms with Crippen molar-refractivity contribution in [2.45, 2.75) is 38.6 Å².